The molecule has 0 radical (unpaired) electrons. The highest BCUT2D eigenvalue weighted by molar-refractivity contribution is 8.27. The number of rotatable bonds is 4. The molecule has 8 heteroatoms. The van der Waals surface area contributed by atoms with E-state index in [0.29, 0.717) is 20.8 Å². The highest BCUT2D eigenvalue weighted by Gasteiger charge is 2.34. The van der Waals surface area contributed by atoms with Crippen molar-refractivity contribution in [1.82, 2.24) is 0 Å². The molecule has 0 N–H and O–H groups in total. The third-order valence-electron chi connectivity index (χ3n) is 3.79. The minimum absolute atomic E-state index is 0.145. The molecule has 4 rings (SSSR count). The molecule has 0 aliphatic carbocycles. The van der Waals surface area contributed by atoms with Crippen LogP contribution in [0.2, 0.25) is 5.02 Å². The Bertz CT molecular complexity index is 1090. The van der Waals surface area contributed by atoms with Gasteiger partial charge in [-0.2, -0.15) is 0 Å². The number of thiocarbonyl (C=S) groups is 1. The molecule has 3 aromatic rings. The predicted molar refractivity (Wildman–Crippen MR) is 116 cm³/mol. The average Bonchev–Trinajstić information content (AvgIpc) is 3.22. The fourth-order valence-electron chi connectivity index (χ4n) is 2.52. The summed E-state index contributed by atoms with van der Waals surface area (Å²) >= 11 is 13.7. The van der Waals surface area contributed by atoms with Crippen molar-refractivity contribution in [3.05, 3.63) is 82.2 Å². The summed E-state index contributed by atoms with van der Waals surface area (Å²) in [5.41, 5.74) is 0.145. The fourth-order valence-corrected chi connectivity index (χ4v) is 4.69. The van der Waals surface area contributed by atoms with Gasteiger partial charge in [-0.15, -0.1) is 0 Å². The third kappa shape index (κ3) is 4.03. The lowest BCUT2D eigenvalue weighted by molar-refractivity contribution is -0.113. The van der Waals surface area contributed by atoms with Gasteiger partial charge >= 0.3 is 0 Å². The van der Waals surface area contributed by atoms with Crippen LogP contribution in [0.3, 0.4) is 0 Å². The fraction of sp³-hybridized carbons (Fsp3) is 0. The van der Waals surface area contributed by atoms with Gasteiger partial charge in [0.15, 0.2) is 9.41 Å². The van der Waals surface area contributed by atoms with Crippen LogP contribution in [0.15, 0.2) is 80.0 Å². The van der Waals surface area contributed by atoms with Crippen LogP contribution in [0, 0.1) is 5.82 Å². The van der Waals surface area contributed by atoms with E-state index in [-0.39, 0.29) is 15.9 Å². The van der Waals surface area contributed by atoms with Crippen LogP contribution in [0.4, 0.5) is 10.1 Å². The summed E-state index contributed by atoms with van der Waals surface area (Å²) in [4.78, 5) is 15.3. The van der Waals surface area contributed by atoms with Crippen molar-refractivity contribution in [1.29, 1.82) is 0 Å². The summed E-state index contributed by atoms with van der Waals surface area (Å²) < 4.78 is 20.1. The molecule has 2 heterocycles. The Morgan fingerprint density at radius 2 is 1.86 bits per heavy atom. The molecule has 1 aromatic heterocycles. The standard InChI is InChI=1S/C20H11ClFNO2S3/c21-12-5-8-14(9-6-12)27-18-10-7-13(25-18)11-17-19(24)23(20(26)28-17)16-4-2-1-3-15(16)22/h1-11H/b17-11+. The molecule has 1 aliphatic rings. The van der Waals surface area contributed by atoms with Crippen LogP contribution in [-0.4, -0.2) is 10.2 Å². The molecule has 1 amide bonds. The van der Waals surface area contributed by atoms with Crippen molar-refractivity contribution < 1.29 is 13.6 Å². The summed E-state index contributed by atoms with van der Waals surface area (Å²) in [6, 6.07) is 17.0. The molecule has 0 atom stereocenters. The van der Waals surface area contributed by atoms with E-state index in [1.807, 2.05) is 30.3 Å². The zero-order chi connectivity index (χ0) is 19.7. The molecule has 0 saturated carbocycles. The monoisotopic (exact) mass is 447 g/mol. The van der Waals surface area contributed by atoms with Gasteiger partial charge in [0, 0.05) is 16.0 Å². The van der Waals surface area contributed by atoms with E-state index < -0.39 is 5.82 Å². The van der Waals surface area contributed by atoms with Crippen LogP contribution < -0.4 is 4.90 Å². The van der Waals surface area contributed by atoms with Crippen LogP contribution >= 0.6 is 47.3 Å². The Kier molecular flexibility index (Phi) is 5.59. The minimum Gasteiger partial charge on any atom is -0.450 e. The number of hydrogen-bond acceptors (Lipinski definition) is 5. The number of carbonyl (C=O) groups excluding carboxylic acids is 1. The molecule has 2 aromatic carbocycles. The smallest absolute Gasteiger partial charge is 0.270 e. The Hall–Kier alpha value is -2.06. The summed E-state index contributed by atoms with van der Waals surface area (Å²) in [5, 5.41) is 1.35. The number of halogens is 2. The van der Waals surface area contributed by atoms with Gasteiger partial charge in [-0.3, -0.25) is 9.69 Å². The molecule has 3 nitrogen and oxygen atoms in total. The van der Waals surface area contributed by atoms with Crippen LogP contribution in [-0.2, 0) is 4.79 Å². The highest BCUT2D eigenvalue weighted by Crippen LogP contribution is 2.38. The number of thioether (sulfide) groups is 1. The zero-order valence-electron chi connectivity index (χ0n) is 14.1. The number of furan rings is 1. The van der Waals surface area contributed by atoms with Crippen molar-refractivity contribution in [2.75, 3.05) is 4.90 Å². The second kappa shape index (κ2) is 8.13. The van der Waals surface area contributed by atoms with E-state index in [4.69, 9.17) is 28.2 Å². The largest absolute Gasteiger partial charge is 0.450 e. The van der Waals surface area contributed by atoms with Gasteiger partial charge < -0.3 is 4.42 Å². The maximum absolute atomic E-state index is 14.1. The molecule has 0 spiro atoms. The van der Waals surface area contributed by atoms with Gasteiger partial charge in [0.25, 0.3) is 5.91 Å². The molecule has 1 saturated heterocycles. The Labute approximate surface area is 179 Å². The summed E-state index contributed by atoms with van der Waals surface area (Å²) in [6.45, 7) is 0. The minimum atomic E-state index is -0.500. The van der Waals surface area contributed by atoms with E-state index in [2.05, 4.69) is 0 Å². The van der Waals surface area contributed by atoms with Gasteiger partial charge in [-0.05, 0) is 48.5 Å². The second-order valence-corrected chi connectivity index (χ2v) is 8.87. The number of carbonyl (C=O) groups is 1. The highest BCUT2D eigenvalue weighted by atomic mass is 35.5. The van der Waals surface area contributed by atoms with Gasteiger partial charge in [0.05, 0.1) is 10.6 Å². The number of amides is 1. The normalized spacial score (nSPS) is 15.6. The number of anilines is 1. The van der Waals surface area contributed by atoms with Gasteiger partial charge in [0.1, 0.15) is 11.6 Å². The maximum Gasteiger partial charge on any atom is 0.270 e. The van der Waals surface area contributed by atoms with Crippen LogP contribution in [0.5, 0.6) is 0 Å². The average molecular weight is 448 g/mol. The molecular formula is C20H11ClFNO2S3. The molecule has 0 bridgehead atoms. The Morgan fingerprint density at radius 1 is 1.11 bits per heavy atom. The lowest BCUT2D eigenvalue weighted by atomic mass is 10.2. The lowest BCUT2D eigenvalue weighted by Crippen LogP contribution is -2.28. The first-order chi connectivity index (χ1) is 13.5. The zero-order valence-corrected chi connectivity index (χ0v) is 17.3. The van der Waals surface area contributed by atoms with Gasteiger partial charge in [0.2, 0.25) is 0 Å². The maximum atomic E-state index is 14.1. The number of hydrogen-bond donors (Lipinski definition) is 0. The second-order valence-electron chi connectivity index (χ2n) is 5.68. The molecule has 1 aliphatic heterocycles. The molecule has 0 unspecified atom stereocenters. The topological polar surface area (TPSA) is 33.5 Å². The first kappa shape index (κ1) is 19.3. The van der Waals surface area contributed by atoms with E-state index in [1.54, 1.807) is 24.3 Å². The summed E-state index contributed by atoms with van der Waals surface area (Å²) in [7, 11) is 0. The molecule has 28 heavy (non-hydrogen) atoms. The van der Waals surface area contributed by atoms with E-state index in [0.717, 1.165) is 16.7 Å². The number of nitrogens with zero attached hydrogens (tertiary/aromatic N) is 1. The van der Waals surface area contributed by atoms with E-state index in [1.165, 1.54) is 28.8 Å². The summed E-state index contributed by atoms with van der Waals surface area (Å²) in [5.74, 6) is -0.353. The SMILES string of the molecule is O=C1/C(=C\c2ccc(Sc3ccc(Cl)cc3)o2)SC(=S)N1c1ccccc1F. The van der Waals surface area contributed by atoms with Crippen molar-refractivity contribution in [2.24, 2.45) is 0 Å². The molecule has 140 valence electrons. The molecular weight excluding hydrogens is 437 g/mol. The van der Waals surface area contributed by atoms with Crippen molar-refractivity contribution >= 4 is 69.3 Å². The van der Waals surface area contributed by atoms with Gasteiger partial charge in [-0.1, -0.05) is 59.5 Å². The Morgan fingerprint density at radius 3 is 2.61 bits per heavy atom. The number of para-hydroxylation sites is 1. The van der Waals surface area contributed by atoms with Crippen molar-refractivity contribution in [3.63, 3.8) is 0 Å². The molecule has 1 fully saturated rings. The number of benzene rings is 2. The predicted octanol–water partition coefficient (Wildman–Crippen LogP) is 6.63. The van der Waals surface area contributed by atoms with E-state index >= 15 is 0 Å². The van der Waals surface area contributed by atoms with Crippen molar-refractivity contribution in [2.45, 2.75) is 9.99 Å². The van der Waals surface area contributed by atoms with Crippen LogP contribution in [0.25, 0.3) is 6.08 Å². The summed E-state index contributed by atoms with van der Waals surface area (Å²) in [6.07, 6.45) is 1.62. The van der Waals surface area contributed by atoms with Crippen LogP contribution in [0.1, 0.15) is 5.76 Å². The quantitative estimate of drug-likeness (QED) is 0.331. The van der Waals surface area contributed by atoms with Crippen molar-refractivity contribution in [3.8, 4) is 0 Å². The lowest BCUT2D eigenvalue weighted by Gasteiger charge is -2.14. The first-order valence-corrected chi connectivity index (χ1v) is 10.5. The van der Waals surface area contributed by atoms with Gasteiger partial charge in [-0.25, -0.2) is 4.39 Å². The Balaban J connectivity index is 1.54. The first-order valence-electron chi connectivity index (χ1n) is 8.07. The third-order valence-corrected chi connectivity index (χ3v) is 6.28. The van der Waals surface area contributed by atoms with E-state index in [9.17, 15) is 9.18 Å².